The van der Waals surface area contributed by atoms with Gasteiger partial charge in [0.05, 0.1) is 12.0 Å². The number of hydrogen-bond donors (Lipinski definition) is 2. The van der Waals surface area contributed by atoms with Crippen LogP contribution in [-0.4, -0.2) is 12.0 Å². The largest absolute Gasteiger partial charge is 0.388 e. The molecule has 0 aromatic carbocycles. The van der Waals surface area contributed by atoms with Crippen LogP contribution < -0.4 is 11.5 Å². The standard InChI is InChI=1S/C4H11N3/c1-3(5)7-4(2)6/h3H,5H2,1-2H3,(H2,6,7)/t3-/m0/s1. The fourth-order valence-corrected chi connectivity index (χ4v) is 0.321. The number of rotatable bonds is 1. The molecule has 42 valence electrons. The van der Waals surface area contributed by atoms with E-state index in [1.807, 2.05) is 0 Å². The second-order valence-corrected chi connectivity index (χ2v) is 1.51. The zero-order valence-electron chi connectivity index (χ0n) is 4.68. The molecule has 0 aromatic heterocycles. The summed E-state index contributed by atoms with van der Waals surface area (Å²) in [7, 11) is 0. The minimum absolute atomic E-state index is 0.162. The molecular weight excluding hydrogens is 90.1 g/mol. The van der Waals surface area contributed by atoms with Crippen molar-refractivity contribution in [3.8, 4) is 0 Å². The highest BCUT2D eigenvalue weighted by molar-refractivity contribution is 5.77. The molecule has 0 saturated heterocycles. The zero-order valence-corrected chi connectivity index (χ0v) is 4.68. The van der Waals surface area contributed by atoms with E-state index < -0.39 is 0 Å². The van der Waals surface area contributed by atoms with Gasteiger partial charge in [-0.15, -0.1) is 0 Å². The van der Waals surface area contributed by atoms with Crippen molar-refractivity contribution in [1.29, 1.82) is 0 Å². The second-order valence-electron chi connectivity index (χ2n) is 1.51. The maximum atomic E-state index is 5.23. The van der Waals surface area contributed by atoms with Gasteiger partial charge >= 0.3 is 0 Å². The fraction of sp³-hybridized carbons (Fsp3) is 0.750. The van der Waals surface area contributed by atoms with Crippen LogP contribution in [0, 0.1) is 0 Å². The molecule has 0 spiro atoms. The number of amidine groups is 1. The van der Waals surface area contributed by atoms with Crippen LogP contribution in [0.1, 0.15) is 13.8 Å². The van der Waals surface area contributed by atoms with Gasteiger partial charge in [-0.2, -0.15) is 0 Å². The average molecular weight is 101 g/mol. The van der Waals surface area contributed by atoms with E-state index in [0.717, 1.165) is 0 Å². The Morgan fingerprint density at radius 3 is 2.14 bits per heavy atom. The minimum atomic E-state index is -0.162. The van der Waals surface area contributed by atoms with Crippen molar-refractivity contribution in [2.75, 3.05) is 0 Å². The van der Waals surface area contributed by atoms with Gasteiger partial charge in [-0.25, -0.2) is 0 Å². The monoisotopic (exact) mass is 101 g/mol. The van der Waals surface area contributed by atoms with Gasteiger partial charge < -0.3 is 11.5 Å². The summed E-state index contributed by atoms with van der Waals surface area (Å²) in [5.74, 6) is 0.537. The topological polar surface area (TPSA) is 64.4 Å². The first-order valence-corrected chi connectivity index (χ1v) is 2.18. The Kier molecular flexibility index (Phi) is 2.37. The first-order valence-electron chi connectivity index (χ1n) is 2.18. The van der Waals surface area contributed by atoms with Gasteiger partial charge in [0.1, 0.15) is 0 Å². The Hall–Kier alpha value is -0.570. The van der Waals surface area contributed by atoms with Gasteiger partial charge in [-0.05, 0) is 13.8 Å². The molecule has 0 aliphatic heterocycles. The Balaban J connectivity index is 3.45. The van der Waals surface area contributed by atoms with Gasteiger partial charge in [0, 0.05) is 0 Å². The van der Waals surface area contributed by atoms with Crippen LogP contribution in [0.5, 0.6) is 0 Å². The molecule has 0 radical (unpaired) electrons. The van der Waals surface area contributed by atoms with Crippen molar-refractivity contribution in [3.63, 3.8) is 0 Å². The highest BCUT2D eigenvalue weighted by Crippen LogP contribution is 1.74. The van der Waals surface area contributed by atoms with Crippen molar-refractivity contribution < 1.29 is 0 Å². The van der Waals surface area contributed by atoms with Crippen LogP contribution in [0.25, 0.3) is 0 Å². The Bertz CT molecular complexity index is 71.0. The maximum Gasteiger partial charge on any atom is 0.0960 e. The van der Waals surface area contributed by atoms with Gasteiger partial charge in [0.15, 0.2) is 0 Å². The molecule has 0 bridgehead atoms. The summed E-state index contributed by atoms with van der Waals surface area (Å²) < 4.78 is 0. The number of hydrogen-bond acceptors (Lipinski definition) is 2. The van der Waals surface area contributed by atoms with Crippen LogP contribution in [0.4, 0.5) is 0 Å². The lowest BCUT2D eigenvalue weighted by Crippen LogP contribution is -2.17. The smallest absolute Gasteiger partial charge is 0.0960 e. The zero-order chi connectivity index (χ0) is 5.86. The predicted molar refractivity (Wildman–Crippen MR) is 30.9 cm³/mol. The Morgan fingerprint density at radius 1 is 1.71 bits per heavy atom. The molecule has 4 N–H and O–H groups in total. The van der Waals surface area contributed by atoms with E-state index in [0.29, 0.717) is 5.84 Å². The maximum absolute atomic E-state index is 5.23. The molecule has 0 amide bonds. The molecule has 0 aromatic rings. The van der Waals surface area contributed by atoms with E-state index >= 15 is 0 Å². The van der Waals surface area contributed by atoms with Crippen molar-refractivity contribution in [2.24, 2.45) is 16.5 Å². The third-order valence-corrected chi connectivity index (χ3v) is 0.407. The quantitative estimate of drug-likeness (QED) is 0.351. The molecule has 0 unspecified atom stereocenters. The molecule has 0 aliphatic carbocycles. The lowest BCUT2D eigenvalue weighted by molar-refractivity contribution is 0.790. The molecule has 0 fully saturated rings. The van der Waals surface area contributed by atoms with Crippen LogP contribution >= 0.6 is 0 Å². The summed E-state index contributed by atoms with van der Waals surface area (Å²) in [6.07, 6.45) is -0.162. The lowest BCUT2D eigenvalue weighted by Gasteiger charge is -1.94. The number of nitrogens with zero attached hydrogens (tertiary/aromatic N) is 1. The van der Waals surface area contributed by atoms with E-state index in [1.54, 1.807) is 13.8 Å². The fourth-order valence-electron chi connectivity index (χ4n) is 0.321. The third-order valence-electron chi connectivity index (χ3n) is 0.407. The molecule has 0 aliphatic rings. The van der Waals surface area contributed by atoms with Crippen LogP contribution in [0.15, 0.2) is 4.99 Å². The first-order chi connectivity index (χ1) is 3.13. The molecule has 3 nitrogen and oxygen atoms in total. The lowest BCUT2D eigenvalue weighted by atomic mass is 10.6. The van der Waals surface area contributed by atoms with Crippen molar-refractivity contribution >= 4 is 5.84 Å². The number of aliphatic imine (C=N–C) groups is 1. The third kappa shape index (κ3) is 5.43. The van der Waals surface area contributed by atoms with Crippen molar-refractivity contribution in [1.82, 2.24) is 0 Å². The minimum Gasteiger partial charge on any atom is -0.388 e. The van der Waals surface area contributed by atoms with Gasteiger partial charge in [-0.3, -0.25) is 4.99 Å². The van der Waals surface area contributed by atoms with Crippen molar-refractivity contribution in [3.05, 3.63) is 0 Å². The summed E-state index contributed by atoms with van der Waals surface area (Å²) in [6, 6.07) is 0. The molecule has 1 atom stereocenters. The van der Waals surface area contributed by atoms with Crippen LogP contribution in [0.2, 0.25) is 0 Å². The molecule has 3 heteroatoms. The SMILES string of the molecule is CC(N)=N[C@@H](C)N. The molecule has 7 heavy (non-hydrogen) atoms. The molecular formula is C4H11N3. The van der Waals surface area contributed by atoms with Crippen LogP contribution in [-0.2, 0) is 0 Å². The summed E-state index contributed by atoms with van der Waals surface area (Å²) in [4.78, 5) is 3.75. The van der Waals surface area contributed by atoms with E-state index in [2.05, 4.69) is 4.99 Å². The molecule has 0 heterocycles. The summed E-state index contributed by atoms with van der Waals surface area (Å²) >= 11 is 0. The summed E-state index contributed by atoms with van der Waals surface area (Å²) in [5, 5.41) is 0. The van der Waals surface area contributed by atoms with Gasteiger partial charge in [0.25, 0.3) is 0 Å². The Labute approximate surface area is 43.4 Å². The summed E-state index contributed by atoms with van der Waals surface area (Å²) in [6.45, 7) is 3.49. The van der Waals surface area contributed by atoms with E-state index in [9.17, 15) is 0 Å². The normalized spacial score (nSPS) is 16.7. The highest BCUT2D eigenvalue weighted by Gasteiger charge is 1.83. The predicted octanol–water partition coefficient (Wildman–Crippen LogP) is -0.332. The first kappa shape index (κ1) is 6.43. The summed E-state index contributed by atoms with van der Waals surface area (Å²) in [5.41, 5.74) is 10.4. The molecule has 0 saturated carbocycles. The van der Waals surface area contributed by atoms with Gasteiger partial charge in [0.2, 0.25) is 0 Å². The van der Waals surface area contributed by atoms with E-state index in [4.69, 9.17) is 11.5 Å². The van der Waals surface area contributed by atoms with Gasteiger partial charge in [-0.1, -0.05) is 0 Å². The average Bonchev–Trinajstić information content (AvgIpc) is 1.27. The second kappa shape index (κ2) is 2.58. The molecule has 0 rings (SSSR count). The Morgan fingerprint density at radius 2 is 2.14 bits per heavy atom. The number of nitrogens with two attached hydrogens (primary N) is 2. The highest BCUT2D eigenvalue weighted by atomic mass is 15.0. The van der Waals surface area contributed by atoms with Crippen molar-refractivity contribution in [2.45, 2.75) is 20.0 Å². The van der Waals surface area contributed by atoms with E-state index in [1.165, 1.54) is 0 Å². The van der Waals surface area contributed by atoms with Crippen LogP contribution in [0.3, 0.4) is 0 Å². The van der Waals surface area contributed by atoms with E-state index in [-0.39, 0.29) is 6.17 Å².